The molecule has 1 aromatic rings. The van der Waals surface area contributed by atoms with Crippen LogP contribution in [0.15, 0.2) is 12.1 Å². The number of rotatable bonds is 6. The lowest BCUT2D eigenvalue weighted by molar-refractivity contribution is 0.174. The maximum Gasteiger partial charge on any atom is 0.231 e. The molecule has 0 aliphatic carbocycles. The number of anilines is 1. The van der Waals surface area contributed by atoms with E-state index in [2.05, 4.69) is 33.0 Å². The first-order valence-corrected chi connectivity index (χ1v) is 7.69. The van der Waals surface area contributed by atoms with Crippen LogP contribution in [-0.4, -0.2) is 12.8 Å². The number of nitrogens with one attached hydrogen (secondary N) is 1. The van der Waals surface area contributed by atoms with E-state index in [1.54, 1.807) is 0 Å². The van der Waals surface area contributed by atoms with Gasteiger partial charge < -0.3 is 14.8 Å². The van der Waals surface area contributed by atoms with Gasteiger partial charge in [-0.05, 0) is 24.7 Å². The van der Waals surface area contributed by atoms with Crippen molar-refractivity contribution < 1.29 is 9.47 Å². The van der Waals surface area contributed by atoms with Gasteiger partial charge in [-0.1, -0.05) is 39.3 Å². The van der Waals surface area contributed by atoms with E-state index in [4.69, 9.17) is 21.1 Å². The number of hydrogen-bond donors (Lipinski definition) is 1. The third-order valence-electron chi connectivity index (χ3n) is 3.33. The van der Waals surface area contributed by atoms with Crippen LogP contribution in [0.3, 0.4) is 0 Å². The maximum atomic E-state index is 6.33. The van der Waals surface area contributed by atoms with E-state index >= 15 is 0 Å². The Labute approximate surface area is 126 Å². The first-order chi connectivity index (χ1) is 9.45. The zero-order valence-electron chi connectivity index (χ0n) is 12.7. The molecular weight excluding hydrogens is 274 g/mol. The molecule has 0 spiro atoms. The molecule has 1 aliphatic heterocycles. The van der Waals surface area contributed by atoms with Crippen LogP contribution in [0.5, 0.6) is 11.5 Å². The van der Waals surface area contributed by atoms with E-state index < -0.39 is 0 Å². The van der Waals surface area contributed by atoms with Crippen molar-refractivity contribution in [3.63, 3.8) is 0 Å². The molecule has 20 heavy (non-hydrogen) atoms. The molecule has 1 heterocycles. The van der Waals surface area contributed by atoms with Crippen LogP contribution in [0, 0.1) is 11.8 Å². The molecule has 4 heteroatoms. The fourth-order valence-electron chi connectivity index (χ4n) is 2.60. The minimum Gasteiger partial charge on any atom is -0.454 e. The van der Waals surface area contributed by atoms with E-state index in [0.717, 1.165) is 30.0 Å². The van der Waals surface area contributed by atoms with E-state index in [0.29, 0.717) is 22.9 Å². The van der Waals surface area contributed by atoms with Crippen molar-refractivity contribution >= 4 is 17.3 Å². The van der Waals surface area contributed by atoms with Crippen molar-refractivity contribution in [2.75, 3.05) is 12.1 Å². The summed E-state index contributed by atoms with van der Waals surface area (Å²) in [6.07, 6.45) is 2.26. The number of benzene rings is 1. The van der Waals surface area contributed by atoms with Crippen molar-refractivity contribution in [2.24, 2.45) is 11.8 Å². The molecule has 0 fully saturated rings. The summed E-state index contributed by atoms with van der Waals surface area (Å²) in [6, 6.07) is 4.19. The lowest BCUT2D eigenvalue weighted by atomic mass is 9.95. The van der Waals surface area contributed by atoms with Gasteiger partial charge in [0.25, 0.3) is 0 Å². The number of fused-ring (bicyclic) bond motifs is 1. The smallest absolute Gasteiger partial charge is 0.231 e. The Morgan fingerprint density at radius 1 is 1.05 bits per heavy atom. The normalized spacial score (nSPS) is 13.6. The zero-order chi connectivity index (χ0) is 14.7. The van der Waals surface area contributed by atoms with Crippen LogP contribution in [0.25, 0.3) is 0 Å². The van der Waals surface area contributed by atoms with Crippen LogP contribution in [0.2, 0.25) is 5.02 Å². The minimum absolute atomic E-state index is 0.274. The minimum atomic E-state index is 0.274. The summed E-state index contributed by atoms with van der Waals surface area (Å²) < 4.78 is 10.8. The summed E-state index contributed by atoms with van der Waals surface area (Å²) in [5, 5.41) is 4.26. The molecule has 0 saturated heterocycles. The largest absolute Gasteiger partial charge is 0.454 e. The Kier molecular flexibility index (Phi) is 5.03. The van der Waals surface area contributed by atoms with Gasteiger partial charge in [0.1, 0.15) is 0 Å². The van der Waals surface area contributed by atoms with Crippen molar-refractivity contribution in [2.45, 2.75) is 46.6 Å². The molecule has 2 rings (SSSR count). The number of hydrogen-bond acceptors (Lipinski definition) is 3. The summed E-state index contributed by atoms with van der Waals surface area (Å²) in [5.41, 5.74) is 0.933. The topological polar surface area (TPSA) is 30.5 Å². The van der Waals surface area contributed by atoms with Gasteiger partial charge in [0.05, 0.1) is 10.7 Å². The molecule has 0 amide bonds. The molecule has 0 aromatic heterocycles. The Bertz CT molecular complexity index is 450. The summed E-state index contributed by atoms with van der Waals surface area (Å²) in [5.74, 6) is 2.80. The second kappa shape index (κ2) is 6.57. The van der Waals surface area contributed by atoms with Crippen LogP contribution >= 0.6 is 11.6 Å². The van der Waals surface area contributed by atoms with Gasteiger partial charge in [0.15, 0.2) is 11.5 Å². The molecule has 1 N–H and O–H groups in total. The number of halogens is 1. The molecule has 0 saturated carbocycles. The summed E-state index contributed by atoms with van der Waals surface area (Å²) in [6.45, 7) is 9.26. The maximum absolute atomic E-state index is 6.33. The average molecular weight is 298 g/mol. The van der Waals surface area contributed by atoms with Gasteiger partial charge in [-0.2, -0.15) is 0 Å². The van der Waals surface area contributed by atoms with Crippen molar-refractivity contribution in [1.82, 2.24) is 0 Å². The van der Waals surface area contributed by atoms with E-state index in [1.807, 2.05) is 12.1 Å². The van der Waals surface area contributed by atoms with E-state index in [1.165, 1.54) is 0 Å². The molecule has 0 atom stereocenters. The van der Waals surface area contributed by atoms with Gasteiger partial charge in [-0.3, -0.25) is 0 Å². The van der Waals surface area contributed by atoms with Gasteiger partial charge in [-0.15, -0.1) is 0 Å². The predicted octanol–water partition coefficient (Wildman–Crippen LogP) is 4.94. The zero-order valence-corrected chi connectivity index (χ0v) is 13.5. The molecular formula is C16H24ClNO2. The highest BCUT2D eigenvalue weighted by molar-refractivity contribution is 6.33. The van der Waals surface area contributed by atoms with Crippen LogP contribution in [0.1, 0.15) is 40.5 Å². The molecule has 1 aromatic carbocycles. The Balaban J connectivity index is 2.13. The van der Waals surface area contributed by atoms with Crippen LogP contribution in [-0.2, 0) is 0 Å². The van der Waals surface area contributed by atoms with E-state index in [-0.39, 0.29) is 6.79 Å². The van der Waals surface area contributed by atoms with Crippen LogP contribution < -0.4 is 14.8 Å². The Morgan fingerprint density at radius 2 is 1.60 bits per heavy atom. The molecule has 0 radical (unpaired) electrons. The average Bonchev–Trinajstić information content (AvgIpc) is 2.74. The summed E-state index contributed by atoms with van der Waals surface area (Å²) >= 11 is 6.33. The molecule has 0 bridgehead atoms. The standard InChI is InChI=1S/C16H24ClNO2/c1-10(2)5-12(6-11(3)4)18-14-8-16-15(7-13(14)17)19-9-20-16/h7-8,10-12,18H,5-6,9H2,1-4H3. The van der Waals surface area contributed by atoms with Gasteiger partial charge in [0.2, 0.25) is 6.79 Å². The SMILES string of the molecule is CC(C)CC(CC(C)C)Nc1cc2c(cc1Cl)OCO2. The molecule has 0 unspecified atom stereocenters. The highest BCUT2D eigenvalue weighted by atomic mass is 35.5. The van der Waals surface area contributed by atoms with Gasteiger partial charge in [0, 0.05) is 18.2 Å². The van der Waals surface area contributed by atoms with Crippen molar-refractivity contribution in [1.29, 1.82) is 0 Å². The Hall–Kier alpha value is -1.09. The lowest BCUT2D eigenvalue weighted by Gasteiger charge is -2.24. The highest BCUT2D eigenvalue weighted by Gasteiger charge is 2.19. The van der Waals surface area contributed by atoms with Crippen LogP contribution in [0.4, 0.5) is 5.69 Å². The summed E-state index contributed by atoms with van der Waals surface area (Å²) in [4.78, 5) is 0. The third kappa shape index (κ3) is 3.95. The monoisotopic (exact) mass is 297 g/mol. The molecule has 3 nitrogen and oxygen atoms in total. The molecule has 112 valence electrons. The van der Waals surface area contributed by atoms with E-state index in [9.17, 15) is 0 Å². The number of ether oxygens (including phenoxy) is 2. The fraction of sp³-hybridized carbons (Fsp3) is 0.625. The highest BCUT2D eigenvalue weighted by Crippen LogP contribution is 2.39. The quantitative estimate of drug-likeness (QED) is 0.806. The predicted molar refractivity (Wildman–Crippen MR) is 83.9 cm³/mol. The Morgan fingerprint density at radius 3 is 2.15 bits per heavy atom. The van der Waals surface area contributed by atoms with Gasteiger partial charge in [-0.25, -0.2) is 0 Å². The first kappa shape index (κ1) is 15.3. The second-order valence-electron chi connectivity index (χ2n) is 6.29. The van der Waals surface area contributed by atoms with Crippen molar-refractivity contribution in [3.05, 3.63) is 17.2 Å². The molecule has 1 aliphatic rings. The van der Waals surface area contributed by atoms with Gasteiger partial charge >= 0.3 is 0 Å². The lowest BCUT2D eigenvalue weighted by Crippen LogP contribution is -2.23. The van der Waals surface area contributed by atoms with Crippen molar-refractivity contribution in [3.8, 4) is 11.5 Å². The second-order valence-corrected chi connectivity index (χ2v) is 6.69. The third-order valence-corrected chi connectivity index (χ3v) is 3.65. The first-order valence-electron chi connectivity index (χ1n) is 7.31. The summed E-state index contributed by atoms with van der Waals surface area (Å²) in [7, 11) is 0. The fourth-order valence-corrected chi connectivity index (χ4v) is 2.81.